The molecule has 2 N–H and O–H groups in total. The SMILES string of the molecule is C=CC(=O)OCCCCC.CCOCC.OCCO. The van der Waals surface area contributed by atoms with Crippen LogP contribution in [0.2, 0.25) is 0 Å². The Bertz CT molecular complexity index is 167. The average molecular weight is 278 g/mol. The number of rotatable bonds is 8. The topological polar surface area (TPSA) is 76.0 Å². The molecule has 0 bridgehead atoms. The molecule has 116 valence electrons. The van der Waals surface area contributed by atoms with Crippen molar-refractivity contribution in [1.82, 2.24) is 0 Å². The van der Waals surface area contributed by atoms with Crippen LogP contribution in [0.3, 0.4) is 0 Å². The molecule has 0 unspecified atom stereocenters. The lowest BCUT2D eigenvalue weighted by Gasteiger charge is -1.98. The third-order valence-electron chi connectivity index (χ3n) is 1.67. The lowest BCUT2D eigenvalue weighted by molar-refractivity contribution is -0.137. The van der Waals surface area contributed by atoms with Crippen molar-refractivity contribution in [3.05, 3.63) is 12.7 Å². The molecule has 0 aromatic carbocycles. The largest absolute Gasteiger partial charge is 0.463 e. The van der Waals surface area contributed by atoms with Crippen LogP contribution in [0, 0.1) is 0 Å². The van der Waals surface area contributed by atoms with Gasteiger partial charge in [0, 0.05) is 19.3 Å². The normalized spacial score (nSPS) is 8.47. The van der Waals surface area contributed by atoms with Gasteiger partial charge in [0.25, 0.3) is 0 Å². The van der Waals surface area contributed by atoms with E-state index in [-0.39, 0.29) is 19.2 Å². The molecule has 0 fully saturated rings. The molecule has 5 nitrogen and oxygen atoms in total. The Balaban J connectivity index is -0.000000238. The number of hydrogen-bond donors (Lipinski definition) is 2. The first-order chi connectivity index (χ1) is 9.14. The van der Waals surface area contributed by atoms with Gasteiger partial charge in [-0.05, 0) is 20.3 Å². The number of aliphatic hydroxyl groups excluding tert-OH is 2. The van der Waals surface area contributed by atoms with Crippen LogP contribution in [-0.4, -0.2) is 49.2 Å². The van der Waals surface area contributed by atoms with Gasteiger partial charge in [-0.2, -0.15) is 0 Å². The predicted octanol–water partition coefficient (Wildman–Crippen LogP) is 1.92. The molecule has 0 atom stereocenters. The number of unbranched alkanes of at least 4 members (excludes halogenated alkanes) is 2. The summed E-state index contributed by atoms with van der Waals surface area (Å²) in [7, 11) is 0. The number of aliphatic hydroxyl groups is 2. The maximum absolute atomic E-state index is 10.4. The van der Waals surface area contributed by atoms with Crippen LogP contribution in [0.15, 0.2) is 12.7 Å². The molecule has 5 heteroatoms. The smallest absolute Gasteiger partial charge is 0.330 e. The van der Waals surface area contributed by atoms with Crippen LogP contribution in [0.5, 0.6) is 0 Å². The third kappa shape index (κ3) is 38.2. The molecule has 0 saturated carbocycles. The van der Waals surface area contributed by atoms with Crippen molar-refractivity contribution in [2.24, 2.45) is 0 Å². The van der Waals surface area contributed by atoms with Gasteiger partial charge in [-0.1, -0.05) is 26.3 Å². The van der Waals surface area contributed by atoms with Crippen molar-refractivity contribution in [3.8, 4) is 0 Å². The molecule has 0 rings (SSSR count). The lowest BCUT2D eigenvalue weighted by Crippen LogP contribution is -2.01. The van der Waals surface area contributed by atoms with E-state index in [9.17, 15) is 4.79 Å². The van der Waals surface area contributed by atoms with E-state index in [0.717, 1.165) is 32.5 Å². The fourth-order valence-corrected chi connectivity index (χ4v) is 0.788. The Labute approximate surface area is 117 Å². The average Bonchev–Trinajstić information content (AvgIpc) is 2.45. The fraction of sp³-hybridized carbons (Fsp3) is 0.786. The second-order valence-electron chi connectivity index (χ2n) is 3.31. The first-order valence-electron chi connectivity index (χ1n) is 6.72. The summed E-state index contributed by atoms with van der Waals surface area (Å²) in [5.74, 6) is -0.323. The minimum atomic E-state index is -0.323. The standard InChI is InChI=1S/C8H14O2.C4H10O.C2H6O2/c1-3-5-6-7-10-8(9)4-2;1-3-5-4-2;3-1-2-4/h4H,2-3,5-7H2,1H3;3-4H2,1-2H3;3-4H,1-2H2. The van der Waals surface area contributed by atoms with Gasteiger partial charge in [-0.15, -0.1) is 0 Å². The zero-order valence-electron chi connectivity index (χ0n) is 12.6. The summed E-state index contributed by atoms with van der Waals surface area (Å²) in [4.78, 5) is 10.4. The van der Waals surface area contributed by atoms with E-state index in [2.05, 4.69) is 13.5 Å². The molecular weight excluding hydrogens is 248 g/mol. The number of carbonyl (C=O) groups excluding carboxylic acids is 1. The molecule has 19 heavy (non-hydrogen) atoms. The molecule has 0 heterocycles. The number of hydrogen-bond acceptors (Lipinski definition) is 5. The molecule has 0 radical (unpaired) electrons. The first-order valence-corrected chi connectivity index (χ1v) is 6.72. The third-order valence-corrected chi connectivity index (χ3v) is 1.67. The van der Waals surface area contributed by atoms with Gasteiger partial charge >= 0.3 is 5.97 Å². The van der Waals surface area contributed by atoms with Crippen molar-refractivity contribution >= 4 is 5.97 Å². The summed E-state index contributed by atoms with van der Waals surface area (Å²) >= 11 is 0. The maximum atomic E-state index is 10.4. The number of carbonyl (C=O) groups is 1. The van der Waals surface area contributed by atoms with Crippen LogP contribution in [0.1, 0.15) is 40.0 Å². The Morgan fingerprint density at radius 1 is 1.11 bits per heavy atom. The summed E-state index contributed by atoms with van der Waals surface area (Å²) in [6, 6.07) is 0. The van der Waals surface area contributed by atoms with E-state index < -0.39 is 0 Å². The van der Waals surface area contributed by atoms with Crippen LogP contribution in [0.25, 0.3) is 0 Å². The molecule has 0 saturated heterocycles. The van der Waals surface area contributed by atoms with Gasteiger partial charge in [-0.25, -0.2) is 4.79 Å². The van der Waals surface area contributed by atoms with E-state index in [4.69, 9.17) is 19.7 Å². The fourth-order valence-electron chi connectivity index (χ4n) is 0.788. The lowest BCUT2D eigenvalue weighted by atomic mass is 10.3. The van der Waals surface area contributed by atoms with Crippen LogP contribution in [0.4, 0.5) is 0 Å². The van der Waals surface area contributed by atoms with E-state index in [1.807, 2.05) is 13.8 Å². The van der Waals surface area contributed by atoms with Crippen molar-refractivity contribution in [2.45, 2.75) is 40.0 Å². The maximum Gasteiger partial charge on any atom is 0.330 e. The molecule has 0 amide bonds. The second-order valence-corrected chi connectivity index (χ2v) is 3.31. The van der Waals surface area contributed by atoms with Crippen LogP contribution in [-0.2, 0) is 14.3 Å². The monoisotopic (exact) mass is 278 g/mol. The minimum absolute atomic E-state index is 0.125. The molecule has 0 aromatic heterocycles. The van der Waals surface area contributed by atoms with Crippen LogP contribution >= 0.6 is 0 Å². The van der Waals surface area contributed by atoms with Crippen LogP contribution < -0.4 is 0 Å². The molecular formula is C14H30O5. The van der Waals surface area contributed by atoms with Crippen molar-refractivity contribution in [3.63, 3.8) is 0 Å². The predicted molar refractivity (Wildman–Crippen MR) is 77.0 cm³/mol. The Morgan fingerprint density at radius 3 is 1.89 bits per heavy atom. The minimum Gasteiger partial charge on any atom is -0.463 e. The Hall–Kier alpha value is -0.910. The highest BCUT2D eigenvalue weighted by atomic mass is 16.5. The Morgan fingerprint density at radius 2 is 1.63 bits per heavy atom. The molecule has 0 aliphatic carbocycles. The second kappa shape index (κ2) is 25.8. The van der Waals surface area contributed by atoms with Gasteiger partial charge < -0.3 is 19.7 Å². The molecule has 0 aliphatic rings. The van der Waals surface area contributed by atoms with Crippen molar-refractivity contribution < 1.29 is 24.5 Å². The van der Waals surface area contributed by atoms with E-state index in [1.54, 1.807) is 0 Å². The van der Waals surface area contributed by atoms with Crippen molar-refractivity contribution in [2.75, 3.05) is 33.0 Å². The summed E-state index contributed by atoms with van der Waals surface area (Å²) in [6.07, 6.45) is 4.40. The van der Waals surface area contributed by atoms with Gasteiger partial charge in [-0.3, -0.25) is 0 Å². The number of esters is 1. The molecule has 0 aliphatic heterocycles. The number of ether oxygens (including phenoxy) is 2. The highest BCUT2D eigenvalue weighted by molar-refractivity contribution is 5.81. The van der Waals surface area contributed by atoms with E-state index >= 15 is 0 Å². The summed E-state index contributed by atoms with van der Waals surface area (Å²) in [6.45, 7) is 11.3. The summed E-state index contributed by atoms with van der Waals surface area (Å²) in [5, 5.41) is 15.2. The molecule has 0 aromatic rings. The van der Waals surface area contributed by atoms with Gasteiger partial charge in [0.2, 0.25) is 0 Å². The van der Waals surface area contributed by atoms with E-state index in [0.29, 0.717) is 6.61 Å². The van der Waals surface area contributed by atoms with Gasteiger partial charge in [0.05, 0.1) is 19.8 Å². The quantitative estimate of drug-likeness (QED) is 0.403. The summed E-state index contributed by atoms with van der Waals surface area (Å²) in [5.41, 5.74) is 0. The van der Waals surface area contributed by atoms with Crippen molar-refractivity contribution in [1.29, 1.82) is 0 Å². The first kappa shape index (κ1) is 23.2. The summed E-state index contributed by atoms with van der Waals surface area (Å²) < 4.78 is 9.57. The molecule has 0 spiro atoms. The van der Waals surface area contributed by atoms with E-state index in [1.165, 1.54) is 6.08 Å². The van der Waals surface area contributed by atoms with Gasteiger partial charge in [0.15, 0.2) is 0 Å². The van der Waals surface area contributed by atoms with Gasteiger partial charge in [0.1, 0.15) is 0 Å². The zero-order chi connectivity index (χ0) is 15.4. The highest BCUT2D eigenvalue weighted by Gasteiger charge is 1.92. The Kier molecular flexibility index (Phi) is 31.5. The highest BCUT2D eigenvalue weighted by Crippen LogP contribution is 1.94. The zero-order valence-corrected chi connectivity index (χ0v) is 12.6.